The number of fused-ring (bicyclic) bond motifs is 1. The zero-order valence-electron chi connectivity index (χ0n) is 13.6. The number of benzene rings is 1. The molecule has 0 atom stereocenters. The lowest BCUT2D eigenvalue weighted by Crippen LogP contribution is -2.26. The van der Waals surface area contributed by atoms with Gasteiger partial charge in [-0.3, -0.25) is 4.79 Å². The van der Waals surface area contributed by atoms with Gasteiger partial charge in [-0.25, -0.2) is 9.50 Å². The van der Waals surface area contributed by atoms with Gasteiger partial charge >= 0.3 is 0 Å². The number of amides is 1. The quantitative estimate of drug-likeness (QED) is 0.809. The second kappa shape index (κ2) is 5.83. The van der Waals surface area contributed by atoms with Crippen LogP contribution in [0.15, 0.2) is 48.7 Å². The minimum Gasteiger partial charge on any atom is -0.347 e. The molecule has 0 spiro atoms. The van der Waals surface area contributed by atoms with Crippen molar-refractivity contribution in [2.45, 2.75) is 32.7 Å². The zero-order chi connectivity index (χ0) is 16.4. The number of carbonyl (C=O) groups excluding carboxylic acids is 1. The Hall–Kier alpha value is -2.69. The highest BCUT2D eigenvalue weighted by atomic mass is 16.1. The SMILES string of the molecule is CC(C)(C)c1cc(C(=O)NCc2ccccc2)nc2ccnn12. The maximum absolute atomic E-state index is 12.5. The molecule has 1 N–H and O–H groups in total. The standard InChI is InChI=1S/C18H20N4O/c1-18(2,3)15-11-14(21-16-9-10-20-22(15)16)17(23)19-12-13-7-5-4-6-8-13/h4-11H,12H2,1-3H3,(H,19,23). The van der Waals surface area contributed by atoms with Crippen molar-refractivity contribution in [2.24, 2.45) is 0 Å². The Morgan fingerprint density at radius 1 is 1.17 bits per heavy atom. The van der Waals surface area contributed by atoms with Gasteiger partial charge in [-0.05, 0) is 11.6 Å². The average molecular weight is 308 g/mol. The van der Waals surface area contributed by atoms with Gasteiger partial charge in [0.15, 0.2) is 5.65 Å². The molecule has 3 rings (SSSR count). The highest BCUT2D eigenvalue weighted by Gasteiger charge is 2.21. The molecule has 0 aliphatic rings. The smallest absolute Gasteiger partial charge is 0.270 e. The molecule has 3 aromatic rings. The lowest BCUT2D eigenvalue weighted by molar-refractivity contribution is 0.0946. The molecule has 0 saturated carbocycles. The molecule has 5 nitrogen and oxygen atoms in total. The third-order valence-electron chi connectivity index (χ3n) is 3.66. The first-order valence-corrected chi connectivity index (χ1v) is 7.62. The van der Waals surface area contributed by atoms with Gasteiger partial charge in [-0.2, -0.15) is 5.10 Å². The zero-order valence-corrected chi connectivity index (χ0v) is 13.6. The predicted octanol–water partition coefficient (Wildman–Crippen LogP) is 2.96. The minimum atomic E-state index is -0.178. The first-order valence-electron chi connectivity index (χ1n) is 7.62. The van der Waals surface area contributed by atoms with Crippen LogP contribution in [0.25, 0.3) is 5.65 Å². The van der Waals surface area contributed by atoms with Crippen LogP contribution in [0, 0.1) is 0 Å². The molecule has 118 valence electrons. The van der Waals surface area contributed by atoms with E-state index in [0.717, 1.165) is 11.3 Å². The Kier molecular flexibility index (Phi) is 3.86. The number of rotatable bonds is 3. The van der Waals surface area contributed by atoms with Crippen LogP contribution >= 0.6 is 0 Å². The molecule has 0 bridgehead atoms. The van der Waals surface area contributed by atoms with Crippen LogP contribution in [0.5, 0.6) is 0 Å². The van der Waals surface area contributed by atoms with Gasteiger partial charge < -0.3 is 5.32 Å². The average Bonchev–Trinajstić information content (AvgIpc) is 3.00. The molecule has 1 aromatic carbocycles. The first-order chi connectivity index (χ1) is 10.9. The summed E-state index contributed by atoms with van der Waals surface area (Å²) in [6, 6.07) is 13.5. The molecule has 0 fully saturated rings. The number of hydrogen-bond donors (Lipinski definition) is 1. The molecule has 5 heteroatoms. The molecular weight excluding hydrogens is 288 g/mol. The number of nitrogens with one attached hydrogen (secondary N) is 1. The molecule has 0 saturated heterocycles. The van der Waals surface area contributed by atoms with Gasteiger partial charge in [0.25, 0.3) is 5.91 Å². The monoisotopic (exact) mass is 308 g/mol. The van der Waals surface area contributed by atoms with E-state index in [9.17, 15) is 4.79 Å². The Morgan fingerprint density at radius 2 is 1.91 bits per heavy atom. The van der Waals surface area contributed by atoms with Crippen molar-refractivity contribution in [3.8, 4) is 0 Å². The van der Waals surface area contributed by atoms with Gasteiger partial charge in [-0.15, -0.1) is 0 Å². The Bertz CT molecular complexity index is 831. The summed E-state index contributed by atoms with van der Waals surface area (Å²) >= 11 is 0. The summed E-state index contributed by atoms with van der Waals surface area (Å²) in [5, 5.41) is 7.22. The highest BCUT2D eigenvalue weighted by Crippen LogP contribution is 2.23. The van der Waals surface area contributed by atoms with E-state index < -0.39 is 0 Å². The van der Waals surface area contributed by atoms with E-state index >= 15 is 0 Å². The van der Waals surface area contributed by atoms with E-state index in [4.69, 9.17) is 0 Å². The Balaban J connectivity index is 1.88. The van der Waals surface area contributed by atoms with Crippen molar-refractivity contribution in [3.05, 3.63) is 65.6 Å². The number of aromatic nitrogens is 3. The molecule has 2 aromatic heterocycles. The normalized spacial score (nSPS) is 11.6. The molecule has 0 aliphatic carbocycles. The summed E-state index contributed by atoms with van der Waals surface area (Å²) in [7, 11) is 0. The van der Waals surface area contributed by atoms with Crippen molar-refractivity contribution < 1.29 is 4.79 Å². The van der Waals surface area contributed by atoms with E-state index in [0.29, 0.717) is 17.9 Å². The summed E-state index contributed by atoms with van der Waals surface area (Å²) in [6.45, 7) is 6.76. The van der Waals surface area contributed by atoms with Crippen LogP contribution in [-0.4, -0.2) is 20.5 Å². The lowest BCUT2D eigenvalue weighted by atomic mass is 9.91. The largest absolute Gasteiger partial charge is 0.347 e. The maximum Gasteiger partial charge on any atom is 0.270 e. The molecular formula is C18H20N4O. The molecule has 1 amide bonds. The van der Waals surface area contributed by atoms with Gasteiger partial charge in [0.2, 0.25) is 0 Å². The Morgan fingerprint density at radius 3 is 2.61 bits per heavy atom. The fourth-order valence-corrected chi connectivity index (χ4v) is 2.43. The van der Waals surface area contributed by atoms with Crippen LogP contribution < -0.4 is 5.32 Å². The summed E-state index contributed by atoms with van der Waals surface area (Å²) in [4.78, 5) is 16.9. The molecule has 23 heavy (non-hydrogen) atoms. The van der Waals surface area contributed by atoms with Crippen LogP contribution in [0.2, 0.25) is 0 Å². The Labute approximate surface area is 135 Å². The third-order valence-corrected chi connectivity index (χ3v) is 3.66. The highest BCUT2D eigenvalue weighted by molar-refractivity contribution is 5.92. The van der Waals surface area contributed by atoms with Crippen molar-refractivity contribution in [3.63, 3.8) is 0 Å². The molecule has 2 heterocycles. The number of hydrogen-bond acceptors (Lipinski definition) is 3. The number of carbonyl (C=O) groups is 1. The first kappa shape index (κ1) is 15.2. The summed E-state index contributed by atoms with van der Waals surface area (Å²) < 4.78 is 1.79. The molecule has 0 aliphatic heterocycles. The topological polar surface area (TPSA) is 59.3 Å². The van der Waals surface area contributed by atoms with E-state index in [1.165, 1.54) is 0 Å². The van der Waals surface area contributed by atoms with Gasteiger partial charge in [0, 0.05) is 18.0 Å². The van der Waals surface area contributed by atoms with Crippen molar-refractivity contribution in [1.29, 1.82) is 0 Å². The minimum absolute atomic E-state index is 0.137. The van der Waals surface area contributed by atoms with E-state index in [2.05, 4.69) is 36.2 Å². The van der Waals surface area contributed by atoms with Crippen molar-refractivity contribution in [1.82, 2.24) is 19.9 Å². The van der Waals surface area contributed by atoms with Gasteiger partial charge in [0.1, 0.15) is 5.69 Å². The van der Waals surface area contributed by atoms with Crippen molar-refractivity contribution >= 4 is 11.6 Å². The maximum atomic E-state index is 12.5. The fourth-order valence-electron chi connectivity index (χ4n) is 2.43. The summed E-state index contributed by atoms with van der Waals surface area (Å²) in [6.07, 6.45) is 1.70. The fraction of sp³-hybridized carbons (Fsp3) is 0.278. The summed E-state index contributed by atoms with van der Waals surface area (Å²) in [5.74, 6) is -0.178. The second-order valence-electron chi connectivity index (χ2n) is 6.55. The lowest BCUT2D eigenvalue weighted by Gasteiger charge is -2.20. The second-order valence-corrected chi connectivity index (χ2v) is 6.55. The van der Waals surface area contributed by atoms with Crippen molar-refractivity contribution in [2.75, 3.05) is 0 Å². The van der Waals surface area contributed by atoms with E-state index in [-0.39, 0.29) is 11.3 Å². The molecule has 0 radical (unpaired) electrons. The van der Waals surface area contributed by atoms with Gasteiger partial charge in [-0.1, -0.05) is 51.1 Å². The summed E-state index contributed by atoms with van der Waals surface area (Å²) in [5.41, 5.74) is 2.97. The van der Waals surface area contributed by atoms with E-state index in [1.807, 2.05) is 42.5 Å². The number of nitrogens with zero attached hydrogens (tertiary/aromatic N) is 3. The van der Waals surface area contributed by atoms with Crippen LogP contribution in [-0.2, 0) is 12.0 Å². The molecule has 0 unspecified atom stereocenters. The van der Waals surface area contributed by atoms with Crippen LogP contribution in [0.1, 0.15) is 42.5 Å². The van der Waals surface area contributed by atoms with Crippen LogP contribution in [0.4, 0.5) is 0 Å². The predicted molar refractivity (Wildman–Crippen MR) is 89.3 cm³/mol. The third kappa shape index (κ3) is 3.23. The van der Waals surface area contributed by atoms with Crippen LogP contribution in [0.3, 0.4) is 0 Å². The van der Waals surface area contributed by atoms with Gasteiger partial charge in [0.05, 0.1) is 11.9 Å². The van der Waals surface area contributed by atoms with E-state index in [1.54, 1.807) is 10.7 Å².